The van der Waals surface area contributed by atoms with Gasteiger partial charge in [0, 0.05) is 45.1 Å². The Bertz CT molecular complexity index is 577. The number of urea groups is 1. The van der Waals surface area contributed by atoms with E-state index in [0.29, 0.717) is 37.7 Å². The average Bonchev–Trinajstić information content (AvgIpc) is 2.65. The topological polar surface area (TPSA) is 94.1 Å². The van der Waals surface area contributed by atoms with Gasteiger partial charge in [-0.05, 0) is 25.7 Å². The van der Waals surface area contributed by atoms with Gasteiger partial charge < -0.3 is 15.5 Å². The predicted molar refractivity (Wildman–Crippen MR) is 97.6 cm³/mol. The van der Waals surface area contributed by atoms with Crippen LogP contribution in [0.15, 0.2) is 5.10 Å². The van der Waals surface area contributed by atoms with Crippen LogP contribution in [0.4, 0.5) is 4.79 Å². The van der Waals surface area contributed by atoms with Crippen molar-refractivity contribution in [1.29, 1.82) is 0 Å². The van der Waals surface area contributed by atoms with E-state index in [9.17, 15) is 14.4 Å². The number of carbonyl (C=O) groups excluding carboxylic acids is 3. The molecule has 1 saturated carbocycles. The lowest BCUT2D eigenvalue weighted by Gasteiger charge is -2.34. The lowest BCUT2D eigenvalue weighted by Crippen LogP contribution is -2.52. The molecule has 0 unspecified atom stereocenters. The van der Waals surface area contributed by atoms with Crippen molar-refractivity contribution < 1.29 is 14.4 Å². The van der Waals surface area contributed by atoms with Crippen LogP contribution in [-0.2, 0) is 9.59 Å². The second-order valence-corrected chi connectivity index (χ2v) is 7.48. The smallest absolute Gasteiger partial charge is 0.317 e. The molecule has 8 nitrogen and oxygen atoms in total. The molecule has 4 amide bonds. The maximum absolute atomic E-state index is 12.4. The van der Waals surface area contributed by atoms with E-state index >= 15 is 0 Å². The van der Waals surface area contributed by atoms with Crippen LogP contribution < -0.4 is 10.6 Å². The van der Waals surface area contributed by atoms with Crippen molar-refractivity contribution in [3.05, 3.63) is 0 Å². The Labute approximate surface area is 154 Å². The maximum Gasteiger partial charge on any atom is 0.317 e. The second kappa shape index (κ2) is 8.51. The third-order valence-corrected chi connectivity index (χ3v) is 5.52. The van der Waals surface area contributed by atoms with Gasteiger partial charge in [0.25, 0.3) is 5.91 Å². The quantitative estimate of drug-likeness (QED) is 0.789. The highest BCUT2D eigenvalue weighted by Gasteiger charge is 2.28. The molecule has 0 aromatic carbocycles. The molecule has 0 bridgehead atoms. The zero-order valence-electron chi connectivity index (χ0n) is 15.5. The van der Waals surface area contributed by atoms with Gasteiger partial charge in [0.2, 0.25) is 5.91 Å². The Balaban J connectivity index is 1.42. The first-order valence-corrected chi connectivity index (χ1v) is 9.73. The lowest BCUT2D eigenvalue weighted by atomic mass is 9.95. The Morgan fingerprint density at radius 1 is 0.962 bits per heavy atom. The molecule has 2 aliphatic heterocycles. The minimum atomic E-state index is -0.200. The van der Waals surface area contributed by atoms with Gasteiger partial charge in [-0.3, -0.25) is 9.59 Å². The fourth-order valence-electron chi connectivity index (χ4n) is 3.84. The second-order valence-electron chi connectivity index (χ2n) is 7.48. The van der Waals surface area contributed by atoms with Crippen LogP contribution in [0.1, 0.15) is 57.8 Å². The Hall–Kier alpha value is -2.12. The van der Waals surface area contributed by atoms with Gasteiger partial charge in [-0.1, -0.05) is 19.3 Å². The minimum absolute atomic E-state index is 0.0264. The van der Waals surface area contributed by atoms with Crippen molar-refractivity contribution in [2.24, 2.45) is 5.10 Å². The van der Waals surface area contributed by atoms with E-state index in [1.54, 1.807) is 7.05 Å². The van der Waals surface area contributed by atoms with Crippen LogP contribution in [0.5, 0.6) is 0 Å². The number of carbonyl (C=O) groups is 3. The van der Waals surface area contributed by atoms with E-state index in [2.05, 4.69) is 15.7 Å². The zero-order chi connectivity index (χ0) is 18.5. The molecular formula is C18H29N5O3. The molecule has 2 heterocycles. The Morgan fingerprint density at radius 2 is 1.62 bits per heavy atom. The van der Waals surface area contributed by atoms with Crippen LogP contribution in [0, 0.1) is 0 Å². The molecule has 3 rings (SSSR count). The van der Waals surface area contributed by atoms with E-state index in [4.69, 9.17) is 0 Å². The lowest BCUT2D eigenvalue weighted by molar-refractivity contribution is -0.130. The summed E-state index contributed by atoms with van der Waals surface area (Å²) in [7, 11) is 1.57. The molecule has 2 N–H and O–H groups in total. The van der Waals surface area contributed by atoms with Gasteiger partial charge in [0.05, 0.1) is 0 Å². The van der Waals surface area contributed by atoms with E-state index in [1.807, 2.05) is 4.90 Å². The van der Waals surface area contributed by atoms with Crippen LogP contribution >= 0.6 is 0 Å². The van der Waals surface area contributed by atoms with Crippen molar-refractivity contribution in [1.82, 2.24) is 20.5 Å². The van der Waals surface area contributed by atoms with E-state index in [-0.39, 0.29) is 23.9 Å². The number of amides is 4. The summed E-state index contributed by atoms with van der Waals surface area (Å²) in [6.07, 6.45) is 8.02. The summed E-state index contributed by atoms with van der Waals surface area (Å²) >= 11 is 0. The number of likely N-dealkylation sites (tertiary alicyclic amines) is 1. The number of nitrogens with one attached hydrogen (secondary N) is 2. The third-order valence-electron chi connectivity index (χ3n) is 5.52. The molecule has 0 aromatic rings. The van der Waals surface area contributed by atoms with Crippen LogP contribution in [0.2, 0.25) is 0 Å². The summed E-state index contributed by atoms with van der Waals surface area (Å²) in [6, 6.07) is 0.392. The van der Waals surface area contributed by atoms with Crippen molar-refractivity contribution in [2.45, 2.75) is 69.9 Å². The van der Waals surface area contributed by atoms with E-state index in [0.717, 1.165) is 25.7 Å². The highest BCUT2D eigenvalue weighted by atomic mass is 16.2. The Morgan fingerprint density at radius 3 is 2.27 bits per heavy atom. The molecule has 0 spiro atoms. The van der Waals surface area contributed by atoms with Gasteiger partial charge in [-0.25, -0.2) is 9.80 Å². The molecule has 144 valence electrons. The number of hydrazone groups is 1. The summed E-state index contributed by atoms with van der Waals surface area (Å²) in [4.78, 5) is 38.0. The van der Waals surface area contributed by atoms with Gasteiger partial charge in [-0.15, -0.1) is 0 Å². The molecular weight excluding hydrogens is 334 g/mol. The number of hydrogen-bond donors (Lipinski definition) is 2. The zero-order valence-corrected chi connectivity index (χ0v) is 15.5. The highest BCUT2D eigenvalue weighted by Crippen LogP contribution is 2.18. The highest BCUT2D eigenvalue weighted by molar-refractivity contribution is 6.39. The summed E-state index contributed by atoms with van der Waals surface area (Å²) in [6.45, 7) is 1.29. The normalized spacial score (nSPS) is 22.8. The van der Waals surface area contributed by atoms with Crippen molar-refractivity contribution in [3.63, 3.8) is 0 Å². The Kier molecular flexibility index (Phi) is 6.11. The molecule has 1 aliphatic carbocycles. The van der Waals surface area contributed by atoms with Gasteiger partial charge in [0.1, 0.15) is 5.71 Å². The fraction of sp³-hybridized carbons (Fsp3) is 0.778. The van der Waals surface area contributed by atoms with Crippen molar-refractivity contribution in [2.75, 3.05) is 20.1 Å². The van der Waals surface area contributed by atoms with Crippen LogP contribution in [0.25, 0.3) is 0 Å². The molecule has 3 aliphatic rings. The first-order chi connectivity index (χ1) is 12.5. The molecule has 0 radical (unpaired) electrons. The fourth-order valence-corrected chi connectivity index (χ4v) is 3.84. The summed E-state index contributed by atoms with van der Waals surface area (Å²) < 4.78 is 0. The molecule has 8 heteroatoms. The largest absolute Gasteiger partial charge is 0.348 e. The molecule has 0 aromatic heterocycles. The van der Waals surface area contributed by atoms with Gasteiger partial charge in [-0.2, -0.15) is 5.10 Å². The van der Waals surface area contributed by atoms with E-state index < -0.39 is 0 Å². The molecule has 1 saturated heterocycles. The van der Waals surface area contributed by atoms with E-state index in [1.165, 1.54) is 24.3 Å². The van der Waals surface area contributed by atoms with Crippen molar-refractivity contribution >= 4 is 23.6 Å². The van der Waals surface area contributed by atoms with Gasteiger partial charge >= 0.3 is 6.03 Å². The van der Waals surface area contributed by atoms with Gasteiger partial charge in [0.15, 0.2) is 0 Å². The molecule has 26 heavy (non-hydrogen) atoms. The minimum Gasteiger partial charge on any atom is -0.348 e. The number of rotatable bonds is 3. The first-order valence-electron chi connectivity index (χ1n) is 9.73. The monoisotopic (exact) mass is 363 g/mol. The summed E-state index contributed by atoms with van der Waals surface area (Å²) in [5.41, 5.74) is 0.407. The molecule has 0 atom stereocenters. The summed E-state index contributed by atoms with van der Waals surface area (Å²) in [5.74, 6) is -0.270. The maximum atomic E-state index is 12.4. The van der Waals surface area contributed by atoms with Crippen LogP contribution in [-0.4, -0.2) is 65.7 Å². The predicted octanol–water partition coefficient (Wildman–Crippen LogP) is 1.22. The SMILES string of the molecule is CN1N=C(C(=O)NC2CCN(C(=O)NC3CCCCC3)CC2)CCC1=O. The number of hydrogen-bond acceptors (Lipinski definition) is 4. The standard InChI is InChI=1S/C18H29N5O3/c1-22-16(24)8-7-15(21-22)17(25)19-14-9-11-23(12-10-14)18(26)20-13-5-3-2-4-6-13/h13-14H,2-12H2,1H3,(H,19,25)(H,20,26). The first kappa shape index (κ1) is 18.7. The number of piperidine rings is 1. The average molecular weight is 363 g/mol. The van der Waals surface area contributed by atoms with Crippen LogP contribution in [0.3, 0.4) is 0 Å². The summed E-state index contributed by atoms with van der Waals surface area (Å²) in [5, 5.41) is 11.4. The third kappa shape index (κ3) is 4.74. The number of nitrogens with zero attached hydrogens (tertiary/aromatic N) is 3. The molecule has 2 fully saturated rings. The van der Waals surface area contributed by atoms with Crippen molar-refractivity contribution in [3.8, 4) is 0 Å².